The van der Waals surface area contributed by atoms with Gasteiger partial charge in [-0.15, -0.1) is 0 Å². The van der Waals surface area contributed by atoms with Crippen LogP contribution in [-0.4, -0.2) is 19.7 Å². The summed E-state index contributed by atoms with van der Waals surface area (Å²) in [6.07, 6.45) is 2.25. The zero-order chi connectivity index (χ0) is 9.35. The van der Waals surface area contributed by atoms with Crippen LogP contribution in [0.25, 0.3) is 0 Å². The Kier molecular flexibility index (Phi) is 2.39. The Labute approximate surface area is 77.7 Å². The van der Waals surface area contributed by atoms with E-state index in [0.29, 0.717) is 0 Å². The van der Waals surface area contributed by atoms with Crippen molar-refractivity contribution in [1.82, 2.24) is 4.98 Å². The van der Waals surface area contributed by atoms with E-state index < -0.39 is 9.84 Å². The lowest BCUT2D eigenvalue weighted by atomic mass is 10.5. The van der Waals surface area contributed by atoms with Gasteiger partial charge in [-0.2, -0.15) is 0 Å². The maximum Gasteiger partial charge on any atom is 0.262 e. The highest BCUT2D eigenvalue weighted by Gasteiger charge is 2.08. The molecule has 12 heavy (non-hydrogen) atoms. The minimum absolute atomic E-state index is 0.0916. The Hall–Kier alpha value is -0.620. The molecule has 4 nitrogen and oxygen atoms in total. The molecule has 0 saturated carbocycles. The molecule has 1 heterocycles. The van der Waals surface area contributed by atoms with Gasteiger partial charge in [0.2, 0.25) is 0 Å². The van der Waals surface area contributed by atoms with Gasteiger partial charge in [0.1, 0.15) is 0 Å². The minimum Gasteiger partial charge on any atom is -0.327 e. The van der Waals surface area contributed by atoms with Crippen molar-refractivity contribution in [2.75, 3.05) is 6.26 Å². The molecule has 0 bridgehead atoms. The summed E-state index contributed by atoms with van der Waals surface area (Å²) in [6.45, 7) is 0. The first-order chi connectivity index (χ1) is 5.41. The first-order valence-corrected chi connectivity index (χ1v) is 5.68. The summed E-state index contributed by atoms with van der Waals surface area (Å²) in [5, 5.41) is 0. The summed E-state index contributed by atoms with van der Waals surface area (Å²) in [5.74, 6) is 0. The maximum absolute atomic E-state index is 11.0. The summed E-state index contributed by atoms with van der Waals surface area (Å²) in [6, 6.07) is 1.27. The number of pyridine rings is 1. The lowest BCUT2D eigenvalue weighted by molar-refractivity contribution is 0.601. The fourth-order valence-electron chi connectivity index (χ4n) is 0.652. The second-order valence-corrected chi connectivity index (χ2v) is 5.15. The van der Waals surface area contributed by atoms with Crippen molar-refractivity contribution in [2.24, 2.45) is 0 Å². The quantitative estimate of drug-likeness (QED) is 0.793. The number of nitrogens with one attached hydrogen (secondary N) is 1. The molecule has 0 fully saturated rings. The van der Waals surface area contributed by atoms with Crippen LogP contribution in [0.4, 0.5) is 0 Å². The Morgan fingerprint density at radius 1 is 1.50 bits per heavy atom. The largest absolute Gasteiger partial charge is 0.327 e. The number of H-pyrrole nitrogens is 1. The number of hydrogen-bond donors (Lipinski definition) is 1. The molecule has 1 aromatic heterocycles. The minimum atomic E-state index is -3.24. The number of sulfone groups is 1. The SMILES string of the molecule is CS(=O)(=O)c1c[nH]c(=O)c(Br)c1. The van der Waals surface area contributed by atoms with Crippen molar-refractivity contribution in [2.45, 2.75) is 4.90 Å². The van der Waals surface area contributed by atoms with Crippen LogP contribution in [0.15, 0.2) is 26.4 Å². The third-order valence-corrected chi connectivity index (χ3v) is 2.94. The maximum atomic E-state index is 11.0. The van der Waals surface area contributed by atoms with Gasteiger partial charge in [0.15, 0.2) is 9.84 Å². The molecule has 0 saturated heterocycles. The van der Waals surface area contributed by atoms with Gasteiger partial charge in [-0.05, 0) is 22.0 Å². The Morgan fingerprint density at radius 3 is 2.50 bits per heavy atom. The molecule has 1 aromatic rings. The van der Waals surface area contributed by atoms with E-state index in [1.54, 1.807) is 0 Å². The van der Waals surface area contributed by atoms with Gasteiger partial charge in [-0.25, -0.2) is 8.42 Å². The number of rotatable bonds is 1. The molecule has 0 atom stereocenters. The highest BCUT2D eigenvalue weighted by Crippen LogP contribution is 2.10. The van der Waals surface area contributed by atoms with E-state index in [2.05, 4.69) is 20.9 Å². The summed E-state index contributed by atoms with van der Waals surface area (Å²) in [5.41, 5.74) is -0.345. The molecular weight excluding hydrogens is 246 g/mol. The van der Waals surface area contributed by atoms with Crippen molar-refractivity contribution in [3.05, 3.63) is 27.1 Å². The molecule has 0 radical (unpaired) electrons. The molecule has 0 unspecified atom stereocenters. The van der Waals surface area contributed by atoms with Gasteiger partial charge in [0.25, 0.3) is 5.56 Å². The van der Waals surface area contributed by atoms with E-state index in [-0.39, 0.29) is 14.9 Å². The van der Waals surface area contributed by atoms with E-state index in [4.69, 9.17) is 0 Å². The Bertz CT molecular complexity index is 448. The van der Waals surface area contributed by atoms with Crippen LogP contribution in [0.1, 0.15) is 0 Å². The smallest absolute Gasteiger partial charge is 0.262 e. The van der Waals surface area contributed by atoms with Crippen molar-refractivity contribution in [1.29, 1.82) is 0 Å². The van der Waals surface area contributed by atoms with E-state index >= 15 is 0 Å². The summed E-state index contributed by atoms with van der Waals surface area (Å²) < 4.78 is 22.1. The molecule has 0 amide bonds. The van der Waals surface area contributed by atoms with Gasteiger partial charge < -0.3 is 4.98 Å². The van der Waals surface area contributed by atoms with E-state index in [1.165, 1.54) is 12.3 Å². The first kappa shape index (κ1) is 9.47. The molecule has 66 valence electrons. The van der Waals surface area contributed by atoms with Crippen LogP contribution >= 0.6 is 15.9 Å². The van der Waals surface area contributed by atoms with E-state index in [0.717, 1.165) is 6.26 Å². The third kappa shape index (κ3) is 1.95. The van der Waals surface area contributed by atoms with Gasteiger partial charge >= 0.3 is 0 Å². The average molecular weight is 252 g/mol. The van der Waals surface area contributed by atoms with Crippen molar-refractivity contribution < 1.29 is 8.42 Å². The van der Waals surface area contributed by atoms with Crippen LogP contribution in [0, 0.1) is 0 Å². The number of aromatic nitrogens is 1. The lowest BCUT2D eigenvalue weighted by Gasteiger charge is -1.96. The highest BCUT2D eigenvalue weighted by atomic mass is 79.9. The first-order valence-electron chi connectivity index (χ1n) is 2.99. The highest BCUT2D eigenvalue weighted by molar-refractivity contribution is 9.10. The molecule has 1 N–H and O–H groups in total. The molecule has 6 heteroatoms. The Balaban J connectivity index is 3.43. The third-order valence-electron chi connectivity index (χ3n) is 1.26. The number of halogens is 1. The van der Waals surface area contributed by atoms with Crippen molar-refractivity contribution in [3.8, 4) is 0 Å². The zero-order valence-corrected chi connectivity index (χ0v) is 8.57. The second kappa shape index (κ2) is 3.02. The summed E-state index contributed by atoms with van der Waals surface area (Å²) in [7, 11) is -3.24. The van der Waals surface area contributed by atoms with Crippen LogP contribution in [0.2, 0.25) is 0 Å². The molecule has 0 aliphatic rings. The van der Waals surface area contributed by atoms with Crippen LogP contribution in [-0.2, 0) is 9.84 Å². The summed E-state index contributed by atoms with van der Waals surface area (Å²) >= 11 is 2.93. The number of hydrogen-bond acceptors (Lipinski definition) is 3. The molecular formula is C6H6BrNO3S. The molecule has 0 aliphatic heterocycles. The molecule has 0 aromatic carbocycles. The van der Waals surface area contributed by atoms with Crippen LogP contribution < -0.4 is 5.56 Å². The van der Waals surface area contributed by atoms with Gasteiger partial charge in [-0.1, -0.05) is 0 Å². The van der Waals surface area contributed by atoms with Gasteiger partial charge in [-0.3, -0.25) is 4.79 Å². The standard InChI is InChI=1S/C6H6BrNO3S/c1-12(10,11)4-2-5(7)6(9)8-3-4/h2-3H,1H3,(H,8,9). The molecule has 0 spiro atoms. The van der Waals surface area contributed by atoms with Crippen molar-refractivity contribution in [3.63, 3.8) is 0 Å². The van der Waals surface area contributed by atoms with Crippen LogP contribution in [0.5, 0.6) is 0 Å². The predicted molar refractivity (Wildman–Crippen MR) is 47.9 cm³/mol. The lowest BCUT2D eigenvalue weighted by Crippen LogP contribution is -2.08. The average Bonchev–Trinajstić information content (AvgIpc) is 1.92. The topological polar surface area (TPSA) is 67.0 Å². The fourth-order valence-corrected chi connectivity index (χ4v) is 1.77. The predicted octanol–water partition coefficient (Wildman–Crippen LogP) is 0.541. The second-order valence-electron chi connectivity index (χ2n) is 2.28. The van der Waals surface area contributed by atoms with Gasteiger partial charge in [0, 0.05) is 12.5 Å². The molecule has 1 rings (SSSR count). The zero-order valence-electron chi connectivity index (χ0n) is 6.17. The van der Waals surface area contributed by atoms with E-state index in [9.17, 15) is 13.2 Å². The normalized spacial score (nSPS) is 11.5. The number of aromatic amines is 1. The van der Waals surface area contributed by atoms with Crippen LogP contribution in [0.3, 0.4) is 0 Å². The monoisotopic (exact) mass is 251 g/mol. The van der Waals surface area contributed by atoms with E-state index in [1.807, 2.05) is 0 Å². The Morgan fingerprint density at radius 2 is 2.08 bits per heavy atom. The fraction of sp³-hybridized carbons (Fsp3) is 0.167. The molecule has 0 aliphatic carbocycles. The van der Waals surface area contributed by atoms with Crippen molar-refractivity contribution >= 4 is 25.8 Å². The summed E-state index contributed by atoms with van der Waals surface area (Å²) in [4.78, 5) is 13.2. The van der Waals surface area contributed by atoms with Gasteiger partial charge in [0.05, 0.1) is 9.37 Å².